The number of esters is 6. The fraction of sp³-hybridized carbons (Fsp3) is 0.700. The topological polar surface area (TPSA) is 158 Å². The number of carbonyl (C=O) groups excluding carboxylic acids is 6. The van der Waals surface area contributed by atoms with Gasteiger partial charge in [-0.15, -0.1) is 0 Å². The maximum Gasteiger partial charge on any atom is 0.309 e. The third-order valence-corrected chi connectivity index (χ3v) is 6.49. The Hall–Kier alpha value is -3.18. The van der Waals surface area contributed by atoms with Crippen LogP contribution in [0.1, 0.15) is 0 Å². The summed E-state index contributed by atoms with van der Waals surface area (Å²) < 4.78 is 29.1. The predicted molar refractivity (Wildman–Crippen MR) is 100 cm³/mol. The lowest BCUT2D eigenvalue weighted by Crippen LogP contribution is -2.68. The van der Waals surface area contributed by atoms with Crippen LogP contribution in [-0.4, -0.2) is 78.5 Å². The Labute approximate surface area is 183 Å². The zero-order chi connectivity index (χ0) is 24.3. The molecule has 178 valence electrons. The summed E-state index contributed by atoms with van der Waals surface area (Å²) in [5.74, 6) is -16.8. The smallest absolute Gasteiger partial charge is 0.309 e. The highest BCUT2D eigenvalue weighted by Gasteiger charge is 2.73. The summed E-state index contributed by atoms with van der Waals surface area (Å²) in [6, 6.07) is 0. The van der Waals surface area contributed by atoms with Crippen LogP contribution in [0.5, 0.6) is 0 Å². The van der Waals surface area contributed by atoms with Gasteiger partial charge in [-0.25, -0.2) is 0 Å². The Bertz CT molecular complexity index is 634. The second-order valence-electron chi connectivity index (χ2n) is 7.45. The molecule has 2 unspecified atom stereocenters. The molecule has 3 rings (SSSR count). The van der Waals surface area contributed by atoms with E-state index in [0.29, 0.717) is 0 Å². The van der Waals surface area contributed by atoms with Crippen molar-refractivity contribution < 1.29 is 57.2 Å². The molecule has 6 atom stereocenters. The van der Waals surface area contributed by atoms with Crippen molar-refractivity contribution in [1.82, 2.24) is 0 Å². The van der Waals surface area contributed by atoms with Gasteiger partial charge in [0.2, 0.25) is 0 Å². The molecule has 0 radical (unpaired) electrons. The van der Waals surface area contributed by atoms with Gasteiger partial charge in [0, 0.05) is 11.8 Å². The van der Waals surface area contributed by atoms with Crippen LogP contribution in [0.2, 0.25) is 0 Å². The highest BCUT2D eigenvalue weighted by atomic mass is 16.5. The molecule has 0 amide bonds. The number of ether oxygens (including phenoxy) is 6. The van der Waals surface area contributed by atoms with Crippen molar-refractivity contribution in [3.05, 3.63) is 0 Å². The van der Waals surface area contributed by atoms with Gasteiger partial charge in [0.1, 0.15) is 0 Å². The molecule has 3 aliphatic rings. The van der Waals surface area contributed by atoms with Gasteiger partial charge in [-0.05, 0) is 0 Å². The van der Waals surface area contributed by atoms with E-state index in [2.05, 4.69) is 0 Å². The van der Waals surface area contributed by atoms with Crippen LogP contribution in [0, 0.1) is 47.3 Å². The lowest BCUT2D eigenvalue weighted by molar-refractivity contribution is -0.219. The van der Waals surface area contributed by atoms with Gasteiger partial charge in [0.25, 0.3) is 0 Å². The molecule has 0 heterocycles. The van der Waals surface area contributed by atoms with Gasteiger partial charge >= 0.3 is 35.8 Å². The number of fused-ring (bicyclic) bond motifs is 3. The third kappa shape index (κ3) is 3.78. The first-order chi connectivity index (χ1) is 15.2. The SMILES string of the molecule is COC(=O)C1C(C(=O)OC)C2[C@H](C(=O)OC)[C@@H](C(=O)OC)C1[C@H](C(=O)OC)[C@H]2C(=O)OC. The lowest BCUT2D eigenvalue weighted by atomic mass is 9.43. The molecule has 0 aromatic rings. The van der Waals surface area contributed by atoms with Crippen molar-refractivity contribution in [1.29, 1.82) is 0 Å². The molecule has 0 N–H and O–H groups in total. The normalized spacial score (nSPS) is 32.8. The highest BCUT2D eigenvalue weighted by molar-refractivity contribution is 5.94. The third-order valence-electron chi connectivity index (χ3n) is 6.49. The van der Waals surface area contributed by atoms with E-state index >= 15 is 0 Å². The van der Waals surface area contributed by atoms with Gasteiger partial charge in [-0.3, -0.25) is 28.8 Å². The van der Waals surface area contributed by atoms with Crippen molar-refractivity contribution in [2.45, 2.75) is 0 Å². The largest absolute Gasteiger partial charge is 0.469 e. The fourth-order valence-electron chi connectivity index (χ4n) is 5.42. The summed E-state index contributed by atoms with van der Waals surface area (Å²) in [6.07, 6.45) is 0. The maximum atomic E-state index is 12.8. The average Bonchev–Trinajstić information content (AvgIpc) is 2.83. The van der Waals surface area contributed by atoms with E-state index in [1.165, 1.54) is 0 Å². The summed E-state index contributed by atoms with van der Waals surface area (Å²) in [5, 5.41) is 0. The van der Waals surface area contributed by atoms with E-state index < -0.39 is 83.2 Å². The molecule has 32 heavy (non-hydrogen) atoms. The fourth-order valence-corrected chi connectivity index (χ4v) is 5.42. The minimum atomic E-state index is -1.41. The minimum Gasteiger partial charge on any atom is -0.469 e. The number of hydrogen-bond acceptors (Lipinski definition) is 12. The van der Waals surface area contributed by atoms with Gasteiger partial charge in [0.05, 0.1) is 78.2 Å². The molecule has 0 aromatic heterocycles. The summed E-state index contributed by atoms with van der Waals surface area (Å²) in [6.45, 7) is 0. The van der Waals surface area contributed by atoms with Crippen molar-refractivity contribution in [2.24, 2.45) is 47.3 Å². The van der Waals surface area contributed by atoms with Gasteiger partial charge in [0.15, 0.2) is 0 Å². The predicted octanol–water partition coefficient (Wildman–Crippen LogP) is -1.02. The highest BCUT2D eigenvalue weighted by Crippen LogP contribution is 2.61. The molecule has 3 fully saturated rings. The monoisotopic (exact) mass is 458 g/mol. The van der Waals surface area contributed by atoms with Crippen LogP contribution in [0.4, 0.5) is 0 Å². The van der Waals surface area contributed by atoms with Crippen molar-refractivity contribution in [3.8, 4) is 0 Å². The Morgan fingerprint density at radius 1 is 0.344 bits per heavy atom. The van der Waals surface area contributed by atoms with Gasteiger partial charge in [-0.2, -0.15) is 0 Å². The summed E-state index contributed by atoms with van der Waals surface area (Å²) in [5.41, 5.74) is 0. The molecular formula is C20H26O12. The minimum absolute atomic E-state index is 0.926. The Balaban J connectivity index is 2.92. The van der Waals surface area contributed by atoms with E-state index in [9.17, 15) is 28.8 Å². The van der Waals surface area contributed by atoms with Gasteiger partial charge in [-0.1, -0.05) is 0 Å². The van der Waals surface area contributed by atoms with Crippen molar-refractivity contribution in [2.75, 3.05) is 42.7 Å². The Morgan fingerprint density at radius 2 is 0.469 bits per heavy atom. The van der Waals surface area contributed by atoms with Crippen molar-refractivity contribution in [3.63, 3.8) is 0 Å². The lowest BCUT2D eigenvalue weighted by Gasteiger charge is -2.57. The molecule has 0 aromatic carbocycles. The van der Waals surface area contributed by atoms with E-state index in [1.54, 1.807) is 0 Å². The van der Waals surface area contributed by atoms with E-state index in [-0.39, 0.29) is 0 Å². The first-order valence-corrected chi connectivity index (χ1v) is 9.63. The first-order valence-electron chi connectivity index (χ1n) is 9.63. The molecule has 12 heteroatoms. The summed E-state index contributed by atoms with van der Waals surface area (Å²) in [4.78, 5) is 77.0. The number of methoxy groups -OCH3 is 6. The van der Waals surface area contributed by atoms with Crippen LogP contribution >= 0.6 is 0 Å². The Kier molecular flexibility index (Phi) is 7.81. The molecule has 3 saturated carbocycles. The van der Waals surface area contributed by atoms with E-state index in [0.717, 1.165) is 42.7 Å². The average molecular weight is 458 g/mol. The first kappa shape index (κ1) is 25.1. The second-order valence-corrected chi connectivity index (χ2v) is 7.45. The molecular weight excluding hydrogens is 432 g/mol. The molecule has 0 spiro atoms. The molecule has 0 saturated heterocycles. The number of carbonyl (C=O) groups is 6. The molecule has 0 aliphatic heterocycles. The summed E-state index contributed by atoms with van der Waals surface area (Å²) in [7, 11) is 6.39. The molecule has 12 nitrogen and oxygen atoms in total. The standard InChI is InChI=1S/C20H26O12/c1-27-15(21)9-7-11(17(23)29-3)13(19(25)31-5)8(10(9)16(22)28-2)14(20(26)32-6)12(7)18(24)30-4/h7-14H,1-6H3/t7?,8?,9-,10-,11-,12?,13-,14?/m0/s1. The van der Waals surface area contributed by atoms with E-state index in [4.69, 9.17) is 28.4 Å². The maximum absolute atomic E-state index is 12.8. The van der Waals surface area contributed by atoms with Crippen LogP contribution in [0.15, 0.2) is 0 Å². The van der Waals surface area contributed by atoms with E-state index in [1.807, 2.05) is 0 Å². The second kappa shape index (κ2) is 9.96. The Morgan fingerprint density at radius 3 is 0.562 bits per heavy atom. The number of rotatable bonds is 6. The van der Waals surface area contributed by atoms with Crippen molar-refractivity contribution >= 4 is 35.8 Å². The van der Waals surface area contributed by atoms with Gasteiger partial charge < -0.3 is 28.4 Å². The van der Waals surface area contributed by atoms with Crippen LogP contribution < -0.4 is 0 Å². The quantitative estimate of drug-likeness (QED) is 0.353. The zero-order valence-electron chi connectivity index (χ0n) is 18.5. The zero-order valence-corrected chi connectivity index (χ0v) is 18.5. The summed E-state index contributed by atoms with van der Waals surface area (Å²) >= 11 is 0. The number of hydrogen-bond donors (Lipinski definition) is 0. The molecule has 2 bridgehead atoms. The molecule has 3 aliphatic carbocycles. The van der Waals surface area contributed by atoms with Crippen LogP contribution in [-0.2, 0) is 57.2 Å². The van der Waals surface area contributed by atoms with Crippen LogP contribution in [0.25, 0.3) is 0 Å². The van der Waals surface area contributed by atoms with Crippen LogP contribution in [0.3, 0.4) is 0 Å².